The maximum atomic E-state index is 13.7. The Morgan fingerprint density at radius 3 is 2.75 bits per heavy atom. The normalized spacial score (nSPS) is 11.8. The van der Waals surface area contributed by atoms with Gasteiger partial charge in [0.15, 0.2) is 5.82 Å². The van der Waals surface area contributed by atoms with Crippen molar-refractivity contribution < 1.29 is 22.4 Å². The summed E-state index contributed by atoms with van der Waals surface area (Å²) in [5.41, 5.74) is 0.286. The largest absolute Gasteiger partial charge is 0.392 e. The van der Waals surface area contributed by atoms with Crippen molar-refractivity contribution in [2.45, 2.75) is 25.0 Å². The second-order valence-electron chi connectivity index (χ2n) is 3.98. The molecule has 108 valence electrons. The molecule has 0 spiro atoms. The minimum Gasteiger partial charge on any atom is -0.392 e. The van der Waals surface area contributed by atoms with Crippen molar-refractivity contribution in [3.63, 3.8) is 0 Å². The van der Waals surface area contributed by atoms with E-state index < -0.39 is 20.7 Å². The summed E-state index contributed by atoms with van der Waals surface area (Å²) in [5, 5.41) is 12.4. The number of sulfonamides is 1. The molecule has 2 N–H and O–H groups in total. The number of nitrogens with one attached hydrogen (secondary N) is 1. The molecule has 2 aromatic rings. The van der Waals surface area contributed by atoms with Crippen LogP contribution >= 0.6 is 0 Å². The Morgan fingerprint density at radius 2 is 2.20 bits per heavy atom. The Balaban J connectivity index is 2.18. The Bertz CT molecular complexity index is 714. The quantitative estimate of drug-likeness (QED) is 0.832. The second-order valence-corrected chi connectivity index (χ2v) is 5.72. The maximum absolute atomic E-state index is 13.7. The van der Waals surface area contributed by atoms with Crippen LogP contribution in [-0.4, -0.2) is 23.7 Å². The average molecular weight is 301 g/mol. The van der Waals surface area contributed by atoms with Gasteiger partial charge in [-0.15, -0.1) is 0 Å². The first-order valence-corrected chi connectivity index (χ1v) is 7.09. The van der Waals surface area contributed by atoms with E-state index in [1.807, 2.05) is 0 Å². The third-order valence-corrected chi connectivity index (χ3v) is 3.89. The van der Waals surface area contributed by atoms with Gasteiger partial charge in [-0.25, -0.2) is 17.5 Å². The van der Waals surface area contributed by atoms with Crippen LogP contribution in [0.1, 0.15) is 17.3 Å². The molecule has 20 heavy (non-hydrogen) atoms. The van der Waals surface area contributed by atoms with Crippen molar-refractivity contribution in [2.24, 2.45) is 0 Å². The average Bonchev–Trinajstić information content (AvgIpc) is 2.82. The van der Waals surface area contributed by atoms with Gasteiger partial charge in [0, 0.05) is 0 Å². The minimum absolute atomic E-state index is 0.0819. The van der Waals surface area contributed by atoms with Crippen LogP contribution < -0.4 is 4.72 Å². The lowest BCUT2D eigenvalue weighted by atomic mass is 10.2. The summed E-state index contributed by atoms with van der Waals surface area (Å²) in [6.45, 7) is 0.991. The zero-order valence-electron chi connectivity index (χ0n) is 10.5. The molecule has 0 aliphatic rings. The van der Waals surface area contributed by atoms with Crippen LogP contribution in [0.25, 0.3) is 0 Å². The van der Waals surface area contributed by atoms with Gasteiger partial charge in [-0.05, 0) is 24.6 Å². The first-order valence-electron chi connectivity index (χ1n) is 5.60. The fraction of sp³-hybridized carbons (Fsp3) is 0.273. The van der Waals surface area contributed by atoms with Gasteiger partial charge in [-0.3, -0.25) is 0 Å². The number of aryl methyl sites for hydroxylation is 1. The number of rotatable bonds is 5. The molecule has 0 amide bonds. The van der Waals surface area contributed by atoms with Crippen molar-refractivity contribution in [1.82, 2.24) is 14.9 Å². The van der Waals surface area contributed by atoms with E-state index in [0.29, 0.717) is 5.82 Å². The zero-order chi connectivity index (χ0) is 14.8. The molecule has 0 unspecified atom stereocenters. The Labute approximate surface area is 114 Å². The molecule has 0 saturated heterocycles. The topological polar surface area (TPSA) is 105 Å². The number of benzene rings is 1. The summed E-state index contributed by atoms with van der Waals surface area (Å²) < 4.78 is 44.4. The van der Waals surface area contributed by atoms with E-state index in [0.717, 1.165) is 12.1 Å². The first-order chi connectivity index (χ1) is 9.42. The molecule has 1 heterocycles. The summed E-state index contributed by atoms with van der Waals surface area (Å²) in [4.78, 5) is 3.32. The molecule has 0 aliphatic carbocycles. The van der Waals surface area contributed by atoms with Crippen LogP contribution in [0.4, 0.5) is 4.39 Å². The first kappa shape index (κ1) is 14.6. The standard InChI is InChI=1S/C11H12FN3O4S/c1-7-14-11(19-15-7)5-13-20(17,18)10-3-2-8(6-16)4-9(10)12/h2-4,13,16H,5-6H2,1H3. The highest BCUT2D eigenvalue weighted by atomic mass is 32.2. The van der Waals surface area contributed by atoms with E-state index in [1.165, 1.54) is 6.07 Å². The van der Waals surface area contributed by atoms with E-state index in [1.54, 1.807) is 6.92 Å². The van der Waals surface area contributed by atoms with Gasteiger partial charge < -0.3 is 9.63 Å². The van der Waals surface area contributed by atoms with Crippen LogP contribution in [0.2, 0.25) is 0 Å². The lowest BCUT2D eigenvalue weighted by molar-refractivity contribution is 0.281. The van der Waals surface area contributed by atoms with Gasteiger partial charge in [0.1, 0.15) is 10.7 Å². The monoisotopic (exact) mass is 301 g/mol. The number of aliphatic hydroxyl groups excluding tert-OH is 1. The number of hydrogen-bond donors (Lipinski definition) is 2. The van der Waals surface area contributed by atoms with Gasteiger partial charge in [0.25, 0.3) is 0 Å². The van der Waals surface area contributed by atoms with Crippen molar-refractivity contribution in [3.8, 4) is 0 Å². The number of aliphatic hydroxyl groups is 1. The van der Waals surface area contributed by atoms with Crippen molar-refractivity contribution >= 4 is 10.0 Å². The van der Waals surface area contributed by atoms with Crippen molar-refractivity contribution in [3.05, 3.63) is 41.3 Å². The molecule has 0 saturated carbocycles. The predicted octanol–water partition coefficient (Wildman–Crippen LogP) is 0.488. The van der Waals surface area contributed by atoms with E-state index >= 15 is 0 Å². The number of nitrogens with zero attached hydrogens (tertiary/aromatic N) is 2. The Morgan fingerprint density at radius 1 is 1.45 bits per heavy atom. The van der Waals surface area contributed by atoms with Crippen LogP contribution in [0.3, 0.4) is 0 Å². The van der Waals surface area contributed by atoms with E-state index in [4.69, 9.17) is 9.63 Å². The molecule has 2 rings (SSSR count). The van der Waals surface area contributed by atoms with Gasteiger partial charge >= 0.3 is 0 Å². The zero-order valence-corrected chi connectivity index (χ0v) is 11.3. The fourth-order valence-electron chi connectivity index (χ4n) is 1.51. The van der Waals surface area contributed by atoms with Gasteiger partial charge in [-0.2, -0.15) is 4.98 Å². The molecule has 0 radical (unpaired) electrons. The van der Waals surface area contributed by atoms with Crippen LogP contribution in [0, 0.1) is 12.7 Å². The van der Waals surface area contributed by atoms with Gasteiger partial charge in [-0.1, -0.05) is 11.2 Å². The summed E-state index contributed by atoms with van der Waals surface area (Å²) in [6.07, 6.45) is 0. The lowest BCUT2D eigenvalue weighted by Gasteiger charge is -2.06. The molecule has 7 nitrogen and oxygen atoms in total. The fourth-order valence-corrected chi connectivity index (χ4v) is 2.54. The van der Waals surface area contributed by atoms with Gasteiger partial charge in [0.05, 0.1) is 13.2 Å². The molecule has 1 aromatic carbocycles. The highest BCUT2D eigenvalue weighted by molar-refractivity contribution is 7.89. The summed E-state index contributed by atoms with van der Waals surface area (Å²) in [7, 11) is -4.04. The summed E-state index contributed by atoms with van der Waals surface area (Å²) >= 11 is 0. The molecule has 0 fully saturated rings. The number of halogens is 1. The summed E-state index contributed by atoms with van der Waals surface area (Å²) in [5.74, 6) is -0.484. The highest BCUT2D eigenvalue weighted by Crippen LogP contribution is 2.16. The molecule has 0 bridgehead atoms. The van der Waals surface area contributed by atoms with Crippen LogP contribution in [0.15, 0.2) is 27.6 Å². The molecular formula is C11H12FN3O4S. The van der Waals surface area contributed by atoms with Gasteiger partial charge in [0.2, 0.25) is 15.9 Å². The minimum atomic E-state index is -4.04. The SMILES string of the molecule is Cc1noc(CNS(=O)(=O)c2ccc(CO)cc2F)n1. The van der Waals surface area contributed by atoms with E-state index in [9.17, 15) is 12.8 Å². The molecule has 0 aliphatic heterocycles. The van der Waals surface area contributed by atoms with Crippen molar-refractivity contribution in [2.75, 3.05) is 0 Å². The number of hydrogen-bond acceptors (Lipinski definition) is 6. The molecule has 9 heteroatoms. The Kier molecular flexibility index (Phi) is 4.12. The van der Waals surface area contributed by atoms with Crippen molar-refractivity contribution in [1.29, 1.82) is 0 Å². The highest BCUT2D eigenvalue weighted by Gasteiger charge is 2.20. The lowest BCUT2D eigenvalue weighted by Crippen LogP contribution is -2.24. The molecule has 1 aromatic heterocycles. The maximum Gasteiger partial charge on any atom is 0.243 e. The third-order valence-electron chi connectivity index (χ3n) is 2.45. The summed E-state index contributed by atoms with van der Waals surface area (Å²) in [6, 6.07) is 3.38. The smallest absolute Gasteiger partial charge is 0.243 e. The van der Waals surface area contributed by atoms with Crippen LogP contribution in [0.5, 0.6) is 0 Å². The molecular weight excluding hydrogens is 289 g/mol. The molecule has 0 atom stereocenters. The van der Waals surface area contributed by atoms with E-state index in [2.05, 4.69) is 14.9 Å². The van der Waals surface area contributed by atoms with E-state index in [-0.39, 0.29) is 24.6 Å². The second kappa shape index (κ2) is 5.65. The van der Waals surface area contributed by atoms with Crippen LogP contribution in [-0.2, 0) is 23.2 Å². The Hall–Kier alpha value is -1.84. The number of aromatic nitrogens is 2. The predicted molar refractivity (Wildman–Crippen MR) is 65.4 cm³/mol. The third kappa shape index (κ3) is 3.18.